The van der Waals surface area contributed by atoms with E-state index in [-0.39, 0.29) is 15.3 Å². The number of carbonyl (C=O) groups excluding carboxylic acids is 1. The van der Waals surface area contributed by atoms with Gasteiger partial charge in [-0.05, 0) is 36.6 Å². The molecule has 0 amide bonds. The van der Waals surface area contributed by atoms with Gasteiger partial charge in [0.15, 0.2) is 9.54 Å². The summed E-state index contributed by atoms with van der Waals surface area (Å²) >= 11 is 9.67. The Morgan fingerprint density at radius 2 is 1.44 bits per heavy atom. The van der Waals surface area contributed by atoms with Crippen molar-refractivity contribution in [3.8, 4) is 0 Å². The molecule has 2 rings (SSSR count). The molecule has 0 bridgehead atoms. The monoisotopic (exact) mass is 250 g/mol. The molecule has 80 valence electrons. The van der Waals surface area contributed by atoms with Crippen molar-refractivity contribution >= 4 is 30.2 Å². The van der Waals surface area contributed by atoms with Gasteiger partial charge in [0.05, 0.1) is 11.4 Å². The Morgan fingerprint density at radius 1 is 1.00 bits per heavy atom. The lowest BCUT2D eigenvalue weighted by molar-refractivity contribution is 0.102. The summed E-state index contributed by atoms with van der Waals surface area (Å²) in [6.07, 6.45) is 2.95. The largest absolute Gasteiger partial charge is 0.328 e. The summed E-state index contributed by atoms with van der Waals surface area (Å²) in [5, 5.41) is 0. The smallest absolute Gasteiger partial charge is 0.225 e. The van der Waals surface area contributed by atoms with Crippen LogP contribution in [0.5, 0.6) is 0 Å². The molecular formula is C9H6N4OS2. The van der Waals surface area contributed by atoms with E-state index in [0.29, 0.717) is 11.4 Å². The van der Waals surface area contributed by atoms with Gasteiger partial charge in [-0.3, -0.25) is 4.79 Å². The first-order chi connectivity index (χ1) is 7.66. The number of carbonyl (C=O) groups is 1. The van der Waals surface area contributed by atoms with Crippen molar-refractivity contribution in [1.82, 2.24) is 19.9 Å². The fourth-order valence-corrected chi connectivity index (χ4v) is 1.49. The van der Waals surface area contributed by atoms with Crippen molar-refractivity contribution in [2.45, 2.75) is 0 Å². The molecule has 0 saturated carbocycles. The standard InChI is InChI=1S/C9H6N4OS2/c14-7(5-1-3-10-8(15)12-5)6-2-4-11-9(16)13-6/h1-4H,(H,10,12,15)(H,11,13,16). The van der Waals surface area contributed by atoms with Crippen LogP contribution in [0.4, 0.5) is 0 Å². The fourth-order valence-electron chi connectivity index (χ4n) is 1.15. The average Bonchev–Trinajstić information content (AvgIpc) is 2.28. The van der Waals surface area contributed by atoms with Gasteiger partial charge in [0, 0.05) is 12.4 Å². The normalized spacial score (nSPS) is 10.0. The lowest BCUT2D eigenvalue weighted by atomic mass is 10.2. The van der Waals surface area contributed by atoms with Crippen molar-refractivity contribution in [2.75, 3.05) is 0 Å². The van der Waals surface area contributed by atoms with E-state index in [0.717, 1.165) is 0 Å². The zero-order chi connectivity index (χ0) is 11.5. The van der Waals surface area contributed by atoms with Crippen molar-refractivity contribution in [1.29, 1.82) is 0 Å². The molecule has 7 heteroatoms. The van der Waals surface area contributed by atoms with Crippen molar-refractivity contribution in [3.63, 3.8) is 0 Å². The van der Waals surface area contributed by atoms with Crippen LogP contribution in [0.1, 0.15) is 16.2 Å². The van der Waals surface area contributed by atoms with Gasteiger partial charge in [0.2, 0.25) is 5.78 Å². The van der Waals surface area contributed by atoms with Crippen LogP contribution in [0.15, 0.2) is 24.5 Å². The number of H-pyrrole nitrogens is 2. The average molecular weight is 250 g/mol. The second-order valence-electron chi connectivity index (χ2n) is 2.91. The molecular weight excluding hydrogens is 244 g/mol. The maximum absolute atomic E-state index is 11.9. The van der Waals surface area contributed by atoms with E-state index < -0.39 is 0 Å². The number of aromatic nitrogens is 4. The first kappa shape index (κ1) is 10.8. The zero-order valence-electron chi connectivity index (χ0n) is 7.93. The van der Waals surface area contributed by atoms with Gasteiger partial charge in [-0.15, -0.1) is 0 Å². The summed E-state index contributed by atoms with van der Waals surface area (Å²) in [7, 11) is 0. The van der Waals surface area contributed by atoms with E-state index in [4.69, 9.17) is 24.4 Å². The van der Waals surface area contributed by atoms with Crippen LogP contribution in [0.25, 0.3) is 0 Å². The highest BCUT2D eigenvalue weighted by Crippen LogP contribution is 2.03. The molecule has 0 unspecified atom stereocenters. The molecule has 0 aliphatic rings. The lowest BCUT2D eigenvalue weighted by Gasteiger charge is -2.00. The summed E-state index contributed by atoms with van der Waals surface area (Å²) < 4.78 is 0.525. The number of nitrogens with zero attached hydrogens (tertiary/aromatic N) is 2. The van der Waals surface area contributed by atoms with Gasteiger partial charge in [0.1, 0.15) is 0 Å². The molecule has 2 heterocycles. The minimum absolute atomic E-state index is 0.234. The van der Waals surface area contributed by atoms with Gasteiger partial charge in [-0.2, -0.15) is 0 Å². The molecule has 0 aliphatic carbocycles. The number of rotatable bonds is 2. The second kappa shape index (κ2) is 4.42. The molecule has 0 spiro atoms. The van der Waals surface area contributed by atoms with Crippen LogP contribution in [-0.2, 0) is 0 Å². The second-order valence-corrected chi connectivity index (χ2v) is 3.68. The number of aromatic amines is 2. The Morgan fingerprint density at radius 3 is 1.81 bits per heavy atom. The van der Waals surface area contributed by atoms with Gasteiger partial charge in [-0.1, -0.05) is 0 Å². The number of nitrogens with one attached hydrogen (secondary N) is 2. The van der Waals surface area contributed by atoms with E-state index in [2.05, 4.69) is 19.9 Å². The Labute approximate surface area is 101 Å². The predicted molar refractivity (Wildman–Crippen MR) is 62.3 cm³/mol. The molecule has 0 aromatic carbocycles. The third-order valence-electron chi connectivity index (χ3n) is 1.84. The number of hydrogen-bond donors (Lipinski definition) is 2. The molecule has 0 saturated heterocycles. The molecule has 0 fully saturated rings. The van der Waals surface area contributed by atoms with Crippen molar-refractivity contribution in [2.24, 2.45) is 0 Å². The first-order valence-electron chi connectivity index (χ1n) is 4.32. The topological polar surface area (TPSA) is 74.4 Å². The van der Waals surface area contributed by atoms with E-state index in [9.17, 15) is 4.79 Å². The van der Waals surface area contributed by atoms with Crippen LogP contribution in [0.2, 0.25) is 0 Å². The molecule has 2 aromatic rings. The molecule has 0 atom stereocenters. The van der Waals surface area contributed by atoms with E-state index in [1.807, 2.05) is 0 Å². The van der Waals surface area contributed by atoms with E-state index in [1.54, 1.807) is 12.1 Å². The number of ketones is 1. The molecule has 16 heavy (non-hydrogen) atoms. The van der Waals surface area contributed by atoms with Crippen LogP contribution in [0.3, 0.4) is 0 Å². The Balaban J connectivity index is 2.47. The third-order valence-corrected chi connectivity index (χ3v) is 2.25. The Bertz CT molecular complexity index is 590. The zero-order valence-corrected chi connectivity index (χ0v) is 9.56. The van der Waals surface area contributed by atoms with Crippen LogP contribution in [0, 0.1) is 9.54 Å². The molecule has 2 N–H and O–H groups in total. The lowest BCUT2D eigenvalue weighted by Crippen LogP contribution is -2.07. The Hall–Kier alpha value is -1.73. The number of hydrogen-bond acceptors (Lipinski definition) is 5. The quantitative estimate of drug-likeness (QED) is 0.628. The van der Waals surface area contributed by atoms with Gasteiger partial charge >= 0.3 is 0 Å². The Kier molecular flexibility index (Phi) is 2.97. The molecule has 5 nitrogen and oxygen atoms in total. The van der Waals surface area contributed by atoms with E-state index >= 15 is 0 Å². The molecule has 0 aliphatic heterocycles. The minimum Gasteiger partial charge on any atom is -0.328 e. The molecule has 2 aromatic heterocycles. The summed E-state index contributed by atoms with van der Waals surface area (Å²) in [5.41, 5.74) is 0.716. The third kappa shape index (κ3) is 2.26. The van der Waals surface area contributed by atoms with E-state index in [1.165, 1.54) is 12.4 Å². The highest BCUT2D eigenvalue weighted by atomic mass is 32.1. The van der Waals surface area contributed by atoms with Crippen molar-refractivity contribution < 1.29 is 4.79 Å². The summed E-state index contributed by atoms with van der Waals surface area (Å²) in [6, 6.07) is 3.10. The van der Waals surface area contributed by atoms with Gasteiger partial charge < -0.3 is 9.97 Å². The fraction of sp³-hybridized carbons (Fsp3) is 0. The first-order valence-corrected chi connectivity index (χ1v) is 5.14. The van der Waals surface area contributed by atoms with Gasteiger partial charge in [0.25, 0.3) is 0 Å². The highest BCUT2D eigenvalue weighted by Gasteiger charge is 2.09. The maximum Gasteiger partial charge on any atom is 0.225 e. The van der Waals surface area contributed by atoms with Crippen LogP contribution < -0.4 is 0 Å². The van der Waals surface area contributed by atoms with Gasteiger partial charge in [-0.25, -0.2) is 9.97 Å². The SMILES string of the molecule is O=C(c1ccnc(=S)[nH]1)c1ccnc(=S)[nH]1. The predicted octanol–water partition coefficient (Wildman–Crippen LogP) is 1.82. The summed E-state index contributed by atoms with van der Waals surface area (Å²) in [5.74, 6) is -0.234. The molecule has 0 radical (unpaired) electrons. The highest BCUT2D eigenvalue weighted by molar-refractivity contribution is 7.71. The van der Waals surface area contributed by atoms with Crippen LogP contribution in [-0.4, -0.2) is 25.7 Å². The maximum atomic E-state index is 11.9. The van der Waals surface area contributed by atoms with Crippen molar-refractivity contribution in [3.05, 3.63) is 45.5 Å². The summed E-state index contributed by atoms with van der Waals surface area (Å²) in [4.78, 5) is 24.9. The summed E-state index contributed by atoms with van der Waals surface area (Å²) in [6.45, 7) is 0. The van der Waals surface area contributed by atoms with Crippen LogP contribution >= 0.6 is 24.4 Å². The minimum atomic E-state index is -0.234.